The van der Waals surface area contributed by atoms with Gasteiger partial charge in [0, 0.05) is 6.20 Å². The molecule has 2 aromatic heterocycles. The molecular weight excluding hydrogens is 395 g/mol. The topological polar surface area (TPSA) is 63.4 Å². The Kier molecular flexibility index (Phi) is 3.96. The lowest BCUT2D eigenvalue weighted by Gasteiger charge is -2.24. The lowest BCUT2D eigenvalue weighted by molar-refractivity contribution is 0.0970. The molecule has 1 atom stereocenters. The van der Waals surface area contributed by atoms with Gasteiger partial charge in [0.25, 0.3) is 5.91 Å². The van der Waals surface area contributed by atoms with E-state index in [4.69, 9.17) is 16.0 Å². The van der Waals surface area contributed by atoms with Gasteiger partial charge in [-0.1, -0.05) is 35.9 Å². The van der Waals surface area contributed by atoms with Crippen molar-refractivity contribution in [2.45, 2.75) is 6.04 Å². The summed E-state index contributed by atoms with van der Waals surface area (Å²) in [6.45, 7) is 0. The number of amides is 1. The van der Waals surface area contributed by atoms with Crippen LogP contribution in [0, 0.1) is 5.82 Å². The molecule has 0 saturated heterocycles. The summed E-state index contributed by atoms with van der Waals surface area (Å²) in [6.07, 6.45) is 1.42. The average Bonchev–Trinajstić information content (AvgIpc) is 3.02. The Balaban J connectivity index is 1.81. The molecule has 1 unspecified atom stereocenters. The molecule has 0 fully saturated rings. The summed E-state index contributed by atoms with van der Waals surface area (Å²) in [5, 5.41) is 0.785. The molecule has 29 heavy (non-hydrogen) atoms. The van der Waals surface area contributed by atoms with E-state index in [1.165, 1.54) is 23.2 Å². The second kappa shape index (κ2) is 6.53. The Hall–Kier alpha value is -3.51. The number of hydrogen-bond acceptors (Lipinski definition) is 4. The normalized spacial score (nSPS) is 15.7. The number of pyridine rings is 1. The summed E-state index contributed by atoms with van der Waals surface area (Å²) in [4.78, 5) is 32.2. The second-order valence-electron chi connectivity index (χ2n) is 6.63. The lowest BCUT2D eigenvalue weighted by atomic mass is 9.98. The number of para-hydroxylation sites is 1. The van der Waals surface area contributed by atoms with Gasteiger partial charge < -0.3 is 4.42 Å². The van der Waals surface area contributed by atoms with E-state index in [0.29, 0.717) is 27.4 Å². The van der Waals surface area contributed by atoms with E-state index in [2.05, 4.69) is 4.98 Å². The predicted molar refractivity (Wildman–Crippen MR) is 107 cm³/mol. The van der Waals surface area contributed by atoms with Crippen LogP contribution in [0.5, 0.6) is 0 Å². The Morgan fingerprint density at radius 3 is 2.48 bits per heavy atom. The van der Waals surface area contributed by atoms with Crippen LogP contribution < -0.4 is 10.3 Å². The van der Waals surface area contributed by atoms with Crippen LogP contribution >= 0.6 is 11.6 Å². The van der Waals surface area contributed by atoms with Gasteiger partial charge in [0.15, 0.2) is 5.43 Å². The van der Waals surface area contributed by atoms with Crippen LogP contribution in [0.3, 0.4) is 0 Å². The number of anilines is 1. The number of hydrogen-bond donors (Lipinski definition) is 0. The highest BCUT2D eigenvalue weighted by Crippen LogP contribution is 2.40. The minimum atomic E-state index is -0.798. The van der Waals surface area contributed by atoms with Crippen molar-refractivity contribution in [3.8, 4) is 0 Å². The number of carbonyl (C=O) groups is 1. The maximum Gasteiger partial charge on any atom is 0.296 e. The molecule has 0 saturated carbocycles. The number of carbonyl (C=O) groups excluding carboxylic acids is 1. The number of benzene rings is 2. The Morgan fingerprint density at radius 2 is 1.76 bits per heavy atom. The van der Waals surface area contributed by atoms with Crippen LogP contribution in [0.4, 0.5) is 10.2 Å². The Labute approximate surface area is 169 Å². The summed E-state index contributed by atoms with van der Waals surface area (Å²) in [7, 11) is 0. The standard InChI is InChI=1S/C22H12ClFN2O3/c23-13-7-10-17(25-11-13)26-19(12-5-8-14(24)9-6-12)18-20(27)15-3-1-2-4-16(15)29-21(18)22(26)28/h1-11,19H. The molecule has 1 amide bonds. The summed E-state index contributed by atoms with van der Waals surface area (Å²) < 4.78 is 19.3. The predicted octanol–water partition coefficient (Wildman–Crippen LogP) is 4.73. The highest BCUT2D eigenvalue weighted by atomic mass is 35.5. The van der Waals surface area contributed by atoms with E-state index < -0.39 is 17.8 Å². The fourth-order valence-corrected chi connectivity index (χ4v) is 3.74. The smallest absolute Gasteiger partial charge is 0.296 e. The number of rotatable bonds is 2. The number of aromatic nitrogens is 1. The van der Waals surface area contributed by atoms with Crippen LogP contribution in [0.1, 0.15) is 27.7 Å². The third kappa shape index (κ3) is 2.72. The van der Waals surface area contributed by atoms with E-state index in [-0.39, 0.29) is 16.8 Å². The van der Waals surface area contributed by atoms with E-state index in [1.807, 2.05) is 0 Å². The van der Waals surface area contributed by atoms with Gasteiger partial charge in [-0.15, -0.1) is 0 Å². The first-order chi connectivity index (χ1) is 14.0. The van der Waals surface area contributed by atoms with Crippen LogP contribution in [0.2, 0.25) is 5.02 Å². The van der Waals surface area contributed by atoms with Crippen LogP contribution in [-0.2, 0) is 0 Å². The molecule has 0 aliphatic carbocycles. The first-order valence-corrected chi connectivity index (χ1v) is 9.19. The van der Waals surface area contributed by atoms with Gasteiger partial charge >= 0.3 is 0 Å². The average molecular weight is 407 g/mol. The maximum atomic E-state index is 13.5. The molecule has 4 aromatic rings. The minimum absolute atomic E-state index is 0.0419. The number of nitrogens with zero attached hydrogens (tertiary/aromatic N) is 2. The zero-order valence-corrected chi connectivity index (χ0v) is 15.6. The van der Waals surface area contributed by atoms with E-state index in [9.17, 15) is 14.0 Å². The monoisotopic (exact) mass is 406 g/mol. The van der Waals surface area contributed by atoms with Gasteiger partial charge in [-0.25, -0.2) is 9.37 Å². The zero-order chi connectivity index (χ0) is 20.1. The van der Waals surface area contributed by atoms with Crippen molar-refractivity contribution in [3.63, 3.8) is 0 Å². The van der Waals surface area contributed by atoms with Crippen molar-refractivity contribution in [2.75, 3.05) is 4.90 Å². The molecular formula is C22H12ClFN2O3. The highest BCUT2D eigenvalue weighted by Gasteiger charge is 2.44. The molecule has 0 N–H and O–H groups in total. The van der Waals surface area contributed by atoms with Crippen molar-refractivity contribution in [1.29, 1.82) is 0 Å². The third-order valence-corrected chi connectivity index (χ3v) is 5.15. The molecule has 7 heteroatoms. The number of fused-ring (bicyclic) bond motifs is 2. The van der Waals surface area contributed by atoms with Gasteiger partial charge in [0.1, 0.15) is 17.2 Å². The maximum absolute atomic E-state index is 13.5. The fourth-order valence-electron chi connectivity index (χ4n) is 3.63. The molecule has 0 radical (unpaired) electrons. The quantitative estimate of drug-likeness (QED) is 0.482. The molecule has 1 aliphatic heterocycles. The van der Waals surface area contributed by atoms with Crippen LogP contribution in [0.25, 0.3) is 11.0 Å². The van der Waals surface area contributed by atoms with Crippen molar-refractivity contribution in [3.05, 3.63) is 105 Å². The Bertz CT molecular complexity index is 1320. The lowest BCUT2D eigenvalue weighted by Crippen LogP contribution is -2.30. The van der Waals surface area contributed by atoms with E-state index in [1.54, 1.807) is 48.5 Å². The molecule has 5 nitrogen and oxygen atoms in total. The molecule has 3 heterocycles. The fraction of sp³-hybridized carbons (Fsp3) is 0.0455. The van der Waals surface area contributed by atoms with Gasteiger partial charge in [0.2, 0.25) is 5.76 Å². The second-order valence-corrected chi connectivity index (χ2v) is 7.07. The van der Waals surface area contributed by atoms with Crippen molar-refractivity contribution in [1.82, 2.24) is 4.98 Å². The van der Waals surface area contributed by atoms with Crippen molar-refractivity contribution < 1.29 is 13.6 Å². The molecule has 2 aromatic carbocycles. The highest BCUT2D eigenvalue weighted by molar-refractivity contribution is 6.30. The molecule has 0 bridgehead atoms. The van der Waals surface area contributed by atoms with Crippen molar-refractivity contribution in [2.24, 2.45) is 0 Å². The van der Waals surface area contributed by atoms with Crippen molar-refractivity contribution >= 4 is 34.3 Å². The SMILES string of the molecule is O=C1c2oc3ccccc3c(=O)c2C(c2ccc(F)cc2)N1c1ccc(Cl)cn1. The van der Waals surface area contributed by atoms with Crippen LogP contribution in [-0.4, -0.2) is 10.9 Å². The summed E-state index contributed by atoms with van der Waals surface area (Å²) in [6, 6.07) is 14.8. The molecule has 5 rings (SSSR count). The minimum Gasteiger partial charge on any atom is -0.450 e. The zero-order valence-electron chi connectivity index (χ0n) is 14.8. The molecule has 142 valence electrons. The van der Waals surface area contributed by atoms with Gasteiger partial charge in [-0.05, 0) is 42.0 Å². The van der Waals surface area contributed by atoms with E-state index in [0.717, 1.165) is 0 Å². The largest absolute Gasteiger partial charge is 0.450 e. The van der Waals surface area contributed by atoms with Gasteiger partial charge in [0.05, 0.1) is 22.0 Å². The van der Waals surface area contributed by atoms with E-state index >= 15 is 0 Å². The first-order valence-electron chi connectivity index (χ1n) is 8.81. The first kappa shape index (κ1) is 17.6. The summed E-state index contributed by atoms with van der Waals surface area (Å²) >= 11 is 5.93. The molecule has 1 aliphatic rings. The third-order valence-electron chi connectivity index (χ3n) is 4.92. The van der Waals surface area contributed by atoms with Gasteiger partial charge in [-0.3, -0.25) is 14.5 Å². The molecule has 0 spiro atoms. The number of halogens is 2. The van der Waals surface area contributed by atoms with Crippen LogP contribution in [0.15, 0.2) is 76.1 Å². The Morgan fingerprint density at radius 1 is 1.00 bits per heavy atom. The summed E-state index contributed by atoms with van der Waals surface area (Å²) in [5.74, 6) is -0.643. The van der Waals surface area contributed by atoms with Gasteiger partial charge in [-0.2, -0.15) is 0 Å². The summed E-state index contributed by atoms with van der Waals surface area (Å²) in [5.41, 5.74) is 0.796.